The minimum absolute atomic E-state index is 0. The molecule has 1 aliphatic heterocycles. The van der Waals surface area contributed by atoms with Gasteiger partial charge in [-0.05, 0) is 38.3 Å². The van der Waals surface area contributed by atoms with Gasteiger partial charge in [-0.1, -0.05) is 12.1 Å². The third-order valence-corrected chi connectivity index (χ3v) is 4.94. The summed E-state index contributed by atoms with van der Waals surface area (Å²) in [5, 5.41) is 14.8. The molecule has 160 valence electrons. The van der Waals surface area contributed by atoms with Gasteiger partial charge in [0.25, 0.3) is 0 Å². The van der Waals surface area contributed by atoms with Crippen molar-refractivity contribution in [2.24, 2.45) is 12.0 Å². The predicted molar refractivity (Wildman–Crippen MR) is 124 cm³/mol. The van der Waals surface area contributed by atoms with Crippen molar-refractivity contribution < 1.29 is 9.47 Å². The van der Waals surface area contributed by atoms with Crippen LogP contribution >= 0.6 is 24.0 Å². The summed E-state index contributed by atoms with van der Waals surface area (Å²) in [6.07, 6.45) is 2.38. The van der Waals surface area contributed by atoms with Gasteiger partial charge in [0.05, 0.1) is 12.6 Å². The summed E-state index contributed by atoms with van der Waals surface area (Å²) in [7, 11) is 3.70. The number of aliphatic imine (C=N–C) groups is 1. The molecule has 1 aliphatic rings. The van der Waals surface area contributed by atoms with Crippen LogP contribution in [-0.2, 0) is 24.9 Å². The van der Waals surface area contributed by atoms with E-state index in [1.54, 1.807) is 7.05 Å². The average Bonchev–Trinajstić information content (AvgIpc) is 3.32. The molecule has 0 spiro atoms. The largest absolute Gasteiger partial charge is 0.491 e. The molecule has 29 heavy (non-hydrogen) atoms. The molecule has 8 nitrogen and oxygen atoms in total. The summed E-state index contributed by atoms with van der Waals surface area (Å²) in [5.41, 5.74) is 2.26. The number of ether oxygens (including phenoxy) is 2. The van der Waals surface area contributed by atoms with Gasteiger partial charge in [-0.25, -0.2) is 0 Å². The number of guanidine groups is 1. The first-order valence-corrected chi connectivity index (χ1v) is 9.70. The van der Waals surface area contributed by atoms with Gasteiger partial charge in [0, 0.05) is 32.8 Å². The van der Waals surface area contributed by atoms with E-state index < -0.39 is 0 Å². The van der Waals surface area contributed by atoms with Gasteiger partial charge in [0.2, 0.25) is 0 Å². The fourth-order valence-corrected chi connectivity index (χ4v) is 3.07. The van der Waals surface area contributed by atoms with Crippen molar-refractivity contribution >= 4 is 29.9 Å². The SMILES string of the molecule is CN=C(NCc1ccc(C)cc1OCC1CCCO1)NCc1nnc(C)n1C.I. The smallest absolute Gasteiger partial charge is 0.191 e. The zero-order valence-corrected chi connectivity index (χ0v) is 19.9. The first-order valence-electron chi connectivity index (χ1n) is 9.70. The van der Waals surface area contributed by atoms with E-state index in [1.807, 2.05) is 18.5 Å². The van der Waals surface area contributed by atoms with Crippen LogP contribution in [0.5, 0.6) is 5.75 Å². The maximum atomic E-state index is 6.07. The minimum Gasteiger partial charge on any atom is -0.491 e. The van der Waals surface area contributed by atoms with Crippen molar-refractivity contribution in [2.75, 3.05) is 20.3 Å². The molecule has 0 saturated carbocycles. The number of nitrogens with zero attached hydrogens (tertiary/aromatic N) is 4. The fourth-order valence-electron chi connectivity index (χ4n) is 3.07. The van der Waals surface area contributed by atoms with Gasteiger partial charge in [0.15, 0.2) is 11.8 Å². The van der Waals surface area contributed by atoms with E-state index in [4.69, 9.17) is 9.47 Å². The van der Waals surface area contributed by atoms with Crippen LogP contribution in [0.1, 0.15) is 35.6 Å². The Morgan fingerprint density at radius 2 is 2.07 bits per heavy atom. The van der Waals surface area contributed by atoms with Gasteiger partial charge in [-0.15, -0.1) is 34.2 Å². The zero-order valence-electron chi connectivity index (χ0n) is 17.6. The molecule has 1 fully saturated rings. The van der Waals surface area contributed by atoms with Crippen molar-refractivity contribution in [1.29, 1.82) is 0 Å². The highest BCUT2D eigenvalue weighted by molar-refractivity contribution is 14.0. The summed E-state index contributed by atoms with van der Waals surface area (Å²) >= 11 is 0. The molecule has 1 saturated heterocycles. The minimum atomic E-state index is 0. The summed E-state index contributed by atoms with van der Waals surface area (Å²) in [4.78, 5) is 4.29. The number of nitrogens with one attached hydrogen (secondary N) is 2. The molecule has 3 rings (SSSR count). The number of rotatable bonds is 7. The van der Waals surface area contributed by atoms with Crippen LogP contribution in [-0.4, -0.2) is 47.1 Å². The van der Waals surface area contributed by atoms with Crippen LogP contribution in [0.15, 0.2) is 23.2 Å². The van der Waals surface area contributed by atoms with Gasteiger partial charge in [-0.3, -0.25) is 4.99 Å². The quantitative estimate of drug-likeness (QED) is 0.336. The van der Waals surface area contributed by atoms with Gasteiger partial charge < -0.3 is 24.7 Å². The van der Waals surface area contributed by atoms with Crippen molar-refractivity contribution in [3.8, 4) is 5.75 Å². The van der Waals surface area contributed by atoms with Crippen molar-refractivity contribution in [1.82, 2.24) is 25.4 Å². The molecule has 1 aromatic carbocycles. The number of benzene rings is 1. The van der Waals surface area contributed by atoms with E-state index in [-0.39, 0.29) is 30.1 Å². The summed E-state index contributed by atoms with van der Waals surface area (Å²) < 4.78 is 13.7. The molecule has 1 atom stereocenters. The lowest BCUT2D eigenvalue weighted by atomic mass is 10.1. The van der Waals surface area contributed by atoms with E-state index in [1.165, 1.54) is 5.56 Å². The van der Waals surface area contributed by atoms with Crippen LogP contribution in [0, 0.1) is 13.8 Å². The molecule has 1 aromatic heterocycles. The van der Waals surface area contributed by atoms with E-state index in [0.717, 1.165) is 42.4 Å². The highest BCUT2D eigenvalue weighted by Gasteiger charge is 2.17. The molecule has 0 amide bonds. The Balaban J connectivity index is 0.00000300. The lowest BCUT2D eigenvalue weighted by Crippen LogP contribution is -2.37. The number of hydrogen-bond donors (Lipinski definition) is 2. The second-order valence-corrected chi connectivity index (χ2v) is 7.06. The number of halogens is 1. The summed E-state index contributed by atoms with van der Waals surface area (Å²) in [5.74, 6) is 3.33. The highest BCUT2D eigenvalue weighted by Crippen LogP contribution is 2.22. The molecule has 0 bridgehead atoms. The Hall–Kier alpha value is -1.88. The van der Waals surface area contributed by atoms with E-state index >= 15 is 0 Å². The molecule has 2 aromatic rings. The lowest BCUT2D eigenvalue weighted by Gasteiger charge is -2.17. The maximum Gasteiger partial charge on any atom is 0.191 e. The van der Waals surface area contributed by atoms with Crippen molar-refractivity contribution in [3.63, 3.8) is 0 Å². The van der Waals surface area contributed by atoms with Crippen LogP contribution in [0.25, 0.3) is 0 Å². The molecular formula is C20H31IN6O2. The Bertz CT molecular complexity index is 817. The molecule has 1 unspecified atom stereocenters. The van der Waals surface area contributed by atoms with Crippen LogP contribution < -0.4 is 15.4 Å². The predicted octanol–water partition coefficient (Wildman–Crippen LogP) is 2.47. The maximum absolute atomic E-state index is 6.07. The monoisotopic (exact) mass is 514 g/mol. The van der Waals surface area contributed by atoms with Crippen molar-refractivity contribution in [2.45, 2.75) is 45.9 Å². The number of aromatic nitrogens is 3. The highest BCUT2D eigenvalue weighted by atomic mass is 127. The van der Waals surface area contributed by atoms with Gasteiger partial charge >= 0.3 is 0 Å². The Morgan fingerprint density at radius 3 is 2.72 bits per heavy atom. The van der Waals surface area contributed by atoms with E-state index in [0.29, 0.717) is 25.7 Å². The van der Waals surface area contributed by atoms with Crippen LogP contribution in [0.4, 0.5) is 0 Å². The third kappa shape index (κ3) is 6.56. The standard InChI is InChI=1S/C20H30N6O2.HI/c1-14-7-8-16(18(10-14)28-13-17-6-5-9-27-17)11-22-20(21-3)23-12-19-25-24-15(2)26(19)4;/h7-8,10,17H,5-6,9,11-13H2,1-4H3,(H2,21,22,23);1H. The van der Waals surface area contributed by atoms with Gasteiger partial charge in [-0.2, -0.15) is 0 Å². The van der Waals surface area contributed by atoms with Gasteiger partial charge in [0.1, 0.15) is 18.2 Å². The molecule has 0 radical (unpaired) electrons. The van der Waals surface area contributed by atoms with Crippen LogP contribution in [0.2, 0.25) is 0 Å². The van der Waals surface area contributed by atoms with E-state index in [9.17, 15) is 0 Å². The molecule has 0 aliphatic carbocycles. The lowest BCUT2D eigenvalue weighted by molar-refractivity contribution is 0.0676. The third-order valence-electron chi connectivity index (χ3n) is 4.94. The summed E-state index contributed by atoms with van der Waals surface area (Å²) in [6.45, 7) is 6.59. The zero-order chi connectivity index (χ0) is 19.9. The number of aryl methyl sites for hydroxylation is 2. The normalized spacial score (nSPS) is 16.4. The van der Waals surface area contributed by atoms with E-state index in [2.05, 4.69) is 50.9 Å². The Kier molecular flexibility index (Phi) is 9.15. The fraction of sp³-hybridized carbons (Fsp3) is 0.550. The molecule has 2 heterocycles. The van der Waals surface area contributed by atoms with Crippen molar-refractivity contribution in [3.05, 3.63) is 41.0 Å². The Labute approximate surface area is 189 Å². The summed E-state index contributed by atoms with van der Waals surface area (Å²) in [6, 6.07) is 6.26. The molecule has 2 N–H and O–H groups in total. The second kappa shape index (κ2) is 11.3. The average molecular weight is 514 g/mol. The molecular weight excluding hydrogens is 483 g/mol. The molecule has 9 heteroatoms. The Morgan fingerprint density at radius 1 is 1.28 bits per heavy atom. The second-order valence-electron chi connectivity index (χ2n) is 7.06. The first kappa shape index (κ1) is 23.4. The number of hydrogen-bond acceptors (Lipinski definition) is 5. The first-order chi connectivity index (χ1) is 13.6. The van der Waals surface area contributed by atoms with Crippen LogP contribution in [0.3, 0.4) is 0 Å². The topological polar surface area (TPSA) is 85.6 Å².